The van der Waals surface area contributed by atoms with Gasteiger partial charge in [0.1, 0.15) is 18.3 Å². The summed E-state index contributed by atoms with van der Waals surface area (Å²) in [5.74, 6) is -0.182. The number of likely N-dealkylation sites (N-methyl/N-ethyl adjacent to an activating group) is 1. The summed E-state index contributed by atoms with van der Waals surface area (Å²) in [6, 6.07) is 22.9. The normalized spacial score (nSPS) is 11.9. The van der Waals surface area contributed by atoms with E-state index in [4.69, 9.17) is 4.74 Å². The van der Waals surface area contributed by atoms with Crippen LogP contribution in [-0.4, -0.2) is 57.1 Å². The summed E-state index contributed by atoms with van der Waals surface area (Å²) in [6.07, 6.45) is 1.35. The van der Waals surface area contributed by atoms with Gasteiger partial charge in [0, 0.05) is 19.5 Å². The average Bonchev–Trinajstić information content (AvgIpc) is 2.90. The summed E-state index contributed by atoms with van der Waals surface area (Å²) in [5.41, 5.74) is 3.09. The van der Waals surface area contributed by atoms with E-state index in [2.05, 4.69) is 5.32 Å². The lowest BCUT2D eigenvalue weighted by atomic mass is 10.0. The maximum absolute atomic E-state index is 14.0. The van der Waals surface area contributed by atoms with Crippen LogP contribution in [0.3, 0.4) is 0 Å². The van der Waals surface area contributed by atoms with E-state index in [0.29, 0.717) is 24.6 Å². The third-order valence-electron chi connectivity index (χ3n) is 6.17. The van der Waals surface area contributed by atoms with Gasteiger partial charge in [0.2, 0.25) is 21.8 Å². The van der Waals surface area contributed by atoms with Gasteiger partial charge in [-0.2, -0.15) is 0 Å². The van der Waals surface area contributed by atoms with Crippen LogP contribution in [0.4, 0.5) is 5.69 Å². The highest BCUT2D eigenvalue weighted by atomic mass is 32.2. The van der Waals surface area contributed by atoms with Gasteiger partial charge in [0.15, 0.2) is 0 Å². The number of carbonyl (C=O) groups is 2. The molecule has 0 aliphatic rings. The molecule has 208 valence electrons. The number of aryl methyl sites for hydroxylation is 1. The molecule has 1 N–H and O–H groups in total. The first kappa shape index (κ1) is 29.7. The van der Waals surface area contributed by atoms with Crippen LogP contribution >= 0.6 is 0 Å². The molecule has 3 aromatic carbocycles. The average molecular weight is 552 g/mol. The zero-order valence-electron chi connectivity index (χ0n) is 23.0. The van der Waals surface area contributed by atoms with Crippen LogP contribution in [0.5, 0.6) is 5.75 Å². The minimum absolute atomic E-state index is 0.149. The Kier molecular flexibility index (Phi) is 10.5. The van der Waals surface area contributed by atoms with Crippen LogP contribution in [-0.2, 0) is 32.6 Å². The molecule has 39 heavy (non-hydrogen) atoms. The number of rotatable bonds is 13. The van der Waals surface area contributed by atoms with Crippen molar-refractivity contribution in [2.45, 2.75) is 39.8 Å². The van der Waals surface area contributed by atoms with Crippen LogP contribution in [0.25, 0.3) is 0 Å². The predicted octanol–water partition coefficient (Wildman–Crippen LogP) is 3.94. The first-order valence-corrected chi connectivity index (χ1v) is 14.8. The Hall–Kier alpha value is -3.85. The topological polar surface area (TPSA) is 96.0 Å². The van der Waals surface area contributed by atoms with Crippen LogP contribution in [0.15, 0.2) is 78.9 Å². The summed E-state index contributed by atoms with van der Waals surface area (Å²) in [5, 5.41) is 2.85. The van der Waals surface area contributed by atoms with Gasteiger partial charge in [-0.25, -0.2) is 8.42 Å². The van der Waals surface area contributed by atoms with E-state index in [0.717, 1.165) is 27.3 Å². The van der Waals surface area contributed by atoms with Crippen LogP contribution in [0.1, 0.15) is 30.5 Å². The van der Waals surface area contributed by atoms with E-state index in [9.17, 15) is 18.0 Å². The molecule has 0 fully saturated rings. The van der Waals surface area contributed by atoms with E-state index in [1.54, 1.807) is 24.3 Å². The minimum atomic E-state index is -3.82. The van der Waals surface area contributed by atoms with E-state index in [1.807, 2.05) is 75.4 Å². The van der Waals surface area contributed by atoms with Crippen molar-refractivity contribution in [3.8, 4) is 5.75 Å². The molecule has 0 aliphatic heterocycles. The number of anilines is 1. The van der Waals surface area contributed by atoms with Gasteiger partial charge in [0.05, 0.1) is 18.6 Å². The zero-order chi connectivity index (χ0) is 28.4. The van der Waals surface area contributed by atoms with Gasteiger partial charge in [-0.05, 0) is 56.2 Å². The summed E-state index contributed by atoms with van der Waals surface area (Å²) >= 11 is 0. The van der Waals surface area contributed by atoms with Gasteiger partial charge >= 0.3 is 0 Å². The summed E-state index contributed by atoms with van der Waals surface area (Å²) < 4.78 is 32.2. The Labute approximate surface area is 231 Å². The first-order valence-electron chi connectivity index (χ1n) is 13.0. The maximum Gasteiger partial charge on any atom is 0.244 e. The van der Waals surface area contributed by atoms with Gasteiger partial charge in [-0.15, -0.1) is 0 Å². The molecule has 1 atom stereocenters. The molecule has 0 radical (unpaired) electrons. The highest BCUT2D eigenvalue weighted by Crippen LogP contribution is 2.23. The smallest absolute Gasteiger partial charge is 0.244 e. The summed E-state index contributed by atoms with van der Waals surface area (Å²) in [6.45, 7) is 6.21. The second-order valence-electron chi connectivity index (χ2n) is 9.31. The van der Waals surface area contributed by atoms with Crippen molar-refractivity contribution in [1.29, 1.82) is 0 Å². The van der Waals surface area contributed by atoms with Crippen molar-refractivity contribution in [2.24, 2.45) is 0 Å². The third kappa shape index (κ3) is 8.58. The van der Waals surface area contributed by atoms with Crippen molar-refractivity contribution in [2.75, 3.05) is 30.3 Å². The second-order valence-corrected chi connectivity index (χ2v) is 11.2. The Morgan fingerprint density at radius 1 is 0.923 bits per heavy atom. The largest absolute Gasteiger partial charge is 0.494 e. The zero-order valence-corrected chi connectivity index (χ0v) is 23.8. The molecule has 2 amide bonds. The molecular formula is C30H37N3O5S. The highest BCUT2D eigenvalue weighted by molar-refractivity contribution is 7.92. The molecule has 0 bridgehead atoms. The molecule has 0 spiro atoms. The fourth-order valence-corrected chi connectivity index (χ4v) is 5.19. The monoisotopic (exact) mass is 551 g/mol. The van der Waals surface area contributed by atoms with E-state index in [1.165, 1.54) is 4.90 Å². The SMILES string of the molecule is CCNC(=O)[C@H](Cc1ccccc1)N(Cc1cccc(C)c1)C(=O)CN(c1ccc(OCC)cc1)S(C)(=O)=O. The van der Waals surface area contributed by atoms with Gasteiger partial charge in [0.25, 0.3) is 0 Å². The van der Waals surface area contributed by atoms with Crippen molar-refractivity contribution < 1.29 is 22.7 Å². The fourth-order valence-electron chi connectivity index (χ4n) is 4.34. The number of amides is 2. The minimum Gasteiger partial charge on any atom is -0.494 e. The van der Waals surface area contributed by atoms with Gasteiger partial charge in [-0.3, -0.25) is 13.9 Å². The molecule has 0 aliphatic carbocycles. The Morgan fingerprint density at radius 3 is 2.18 bits per heavy atom. The lowest BCUT2D eigenvalue weighted by molar-refractivity contribution is -0.140. The number of ether oxygens (including phenoxy) is 1. The maximum atomic E-state index is 14.0. The molecule has 0 heterocycles. The van der Waals surface area contributed by atoms with Crippen molar-refractivity contribution in [3.63, 3.8) is 0 Å². The molecule has 0 aromatic heterocycles. The van der Waals surface area contributed by atoms with Crippen molar-refractivity contribution in [3.05, 3.63) is 95.6 Å². The lowest BCUT2D eigenvalue weighted by Crippen LogP contribution is -2.53. The summed E-state index contributed by atoms with van der Waals surface area (Å²) in [4.78, 5) is 28.8. The molecule has 0 saturated heterocycles. The lowest BCUT2D eigenvalue weighted by Gasteiger charge is -2.33. The number of sulfonamides is 1. The number of nitrogens with zero attached hydrogens (tertiary/aromatic N) is 2. The second kappa shape index (κ2) is 13.8. The number of benzene rings is 3. The molecular weight excluding hydrogens is 514 g/mol. The van der Waals surface area contributed by atoms with Gasteiger partial charge < -0.3 is 15.0 Å². The fraction of sp³-hybridized carbons (Fsp3) is 0.333. The van der Waals surface area contributed by atoms with Crippen LogP contribution in [0, 0.1) is 6.92 Å². The predicted molar refractivity (Wildman–Crippen MR) is 154 cm³/mol. The molecule has 3 aromatic rings. The highest BCUT2D eigenvalue weighted by Gasteiger charge is 2.32. The molecule has 3 rings (SSSR count). The Morgan fingerprint density at radius 2 is 1.59 bits per heavy atom. The molecule has 9 heteroatoms. The van der Waals surface area contributed by atoms with Gasteiger partial charge in [-0.1, -0.05) is 60.2 Å². The number of carbonyl (C=O) groups excluding carboxylic acids is 2. The quantitative estimate of drug-likeness (QED) is 0.347. The van der Waals surface area contributed by atoms with Crippen molar-refractivity contribution in [1.82, 2.24) is 10.2 Å². The Bertz CT molecular complexity index is 1340. The van der Waals surface area contributed by atoms with E-state index < -0.39 is 28.5 Å². The number of hydrogen-bond acceptors (Lipinski definition) is 5. The Balaban J connectivity index is 2.01. The number of nitrogens with one attached hydrogen (secondary N) is 1. The molecule has 0 unspecified atom stereocenters. The standard InChI is InChI=1S/C30H37N3O5S/c1-5-31-30(35)28(20-24-12-8-7-9-13-24)32(21-25-14-10-11-23(3)19-25)29(34)22-33(39(4,36)37)26-15-17-27(18-16-26)38-6-2/h7-19,28H,5-6,20-22H2,1-4H3,(H,31,35)/t28-/m0/s1. The molecule has 0 saturated carbocycles. The molecule has 8 nitrogen and oxygen atoms in total. The van der Waals surface area contributed by atoms with E-state index >= 15 is 0 Å². The number of hydrogen-bond donors (Lipinski definition) is 1. The summed E-state index contributed by atoms with van der Waals surface area (Å²) in [7, 11) is -3.82. The first-order chi connectivity index (χ1) is 18.6. The van der Waals surface area contributed by atoms with E-state index in [-0.39, 0.29) is 18.9 Å². The third-order valence-corrected chi connectivity index (χ3v) is 7.31. The van der Waals surface area contributed by atoms with Crippen molar-refractivity contribution >= 4 is 27.5 Å². The van der Waals surface area contributed by atoms with Crippen LogP contribution < -0.4 is 14.4 Å². The van der Waals surface area contributed by atoms with Crippen LogP contribution in [0.2, 0.25) is 0 Å².